The van der Waals surface area contributed by atoms with Crippen molar-refractivity contribution < 1.29 is 48.9 Å². The second-order valence-electron chi connectivity index (χ2n) is 10.5. The maximum atomic E-state index is 11.6. The summed E-state index contributed by atoms with van der Waals surface area (Å²) < 4.78 is 0. The van der Waals surface area contributed by atoms with Gasteiger partial charge in [0.1, 0.15) is 35.1 Å². The fourth-order valence-electron chi connectivity index (χ4n) is 4.45. The molecule has 3 rings (SSSR count). The summed E-state index contributed by atoms with van der Waals surface area (Å²) in [5.74, 6) is -6.29. The van der Waals surface area contributed by atoms with Crippen LogP contribution in [0.2, 0.25) is 0 Å². The first-order valence-electron chi connectivity index (χ1n) is 15.2. The Kier molecular flexibility index (Phi) is 23.0. The van der Waals surface area contributed by atoms with E-state index in [-0.39, 0.29) is 34.7 Å². The van der Waals surface area contributed by atoms with Crippen LogP contribution >= 0.6 is 0 Å². The lowest BCUT2D eigenvalue weighted by Crippen LogP contribution is -2.67. The molecule has 0 fully saturated rings. The molecule has 0 radical (unpaired) electrons. The van der Waals surface area contributed by atoms with Crippen LogP contribution in [0.1, 0.15) is 60.8 Å². The van der Waals surface area contributed by atoms with E-state index < -0.39 is 44.0 Å². The van der Waals surface area contributed by atoms with Crippen LogP contribution in [0.3, 0.4) is 0 Å². The van der Waals surface area contributed by atoms with Crippen LogP contribution in [0.4, 0.5) is 0 Å². The van der Waals surface area contributed by atoms with Crippen molar-refractivity contribution in [2.24, 2.45) is 17.8 Å². The van der Waals surface area contributed by atoms with Gasteiger partial charge in [0.05, 0.1) is 0 Å². The van der Waals surface area contributed by atoms with Gasteiger partial charge >= 0.3 is 17.9 Å². The minimum Gasteiger partial charge on any atom is -0.481 e. The second kappa shape index (κ2) is 24.0. The molecule has 3 aromatic rings. The van der Waals surface area contributed by atoms with Crippen molar-refractivity contribution in [3.63, 3.8) is 0 Å². The zero-order valence-electron chi connectivity index (χ0n) is 27.8. The van der Waals surface area contributed by atoms with Gasteiger partial charge in [0.2, 0.25) is 0 Å². The molecule has 0 bridgehead atoms. The molecule has 10 nitrogen and oxygen atoms in total. The van der Waals surface area contributed by atoms with Crippen molar-refractivity contribution >= 4 is 76.5 Å². The molecule has 0 heterocycles. The van der Waals surface area contributed by atoms with Crippen molar-refractivity contribution in [2.75, 3.05) is 0 Å². The van der Waals surface area contributed by atoms with Gasteiger partial charge in [-0.1, -0.05) is 112 Å². The number of rotatable bonds is 12. The van der Waals surface area contributed by atoms with Gasteiger partial charge in [0.25, 0.3) is 8.32 Å². The topological polar surface area (TPSA) is 183 Å². The lowest BCUT2D eigenvalue weighted by Gasteiger charge is -2.26. The summed E-state index contributed by atoms with van der Waals surface area (Å²) >= 11 is 0. The fraction of sp³-hybridized carbons (Fsp3) is 0.333. The summed E-state index contributed by atoms with van der Waals surface area (Å²) in [6.45, 7) is 8.92. The minimum absolute atomic E-state index is 0. The number of hydrogen-bond acceptors (Lipinski definition) is 7. The van der Waals surface area contributed by atoms with E-state index in [1.54, 1.807) is 20.8 Å². The molecule has 3 unspecified atom stereocenters. The Bertz CT molecular complexity index is 1220. The zero-order chi connectivity index (χ0) is 36.2. The number of carbonyl (C=O) groups excluding carboxylic acids is 3. The average Bonchev–Trinajstić information content (AvgIpc) is 3.03. The lowest BCUT2D eigenvalue weighted by molar-refractivity contribution is -0.147. The van der Waals surface area contributed by atoms with E-state index in [9.17, 15) is 33.6 Å². The first kappa shape index (κ1) is 45.9. The second-order valence-corrected chi connectivity index (χ2v) is 13.7. The van der Waals surface area contributed by atoms with Gasteiger partial charge in [-0.05, 0) is 55.6 Å². The summed E-state index contributed by atoms with van der Waals surface area (Å²) in [4.78, 5) is 73.3. The van der Waals surface area contributed by atoms with Crippen LogP contribution in [-0.4, -0.2) is 81.1 Å². The molecular formula is C36H49AlO10Si. The Hall–Kier alpha value is -4.21. The quantitative estimate of drug-likeness (QED) is 0.125. The van der Waals surface area contributed by atoms with E-state index in [1.165, 1.54) is 20.8 Å². The summed E-state index contributed by atoms with van der Waals surface area (Å²) in [5, 5.41) is 28.0. The predicted octanol–water partition coefficient (Wildman–Crippen LogP) is 2.52. The number of ketones is 3. The monoisotopic (exact) mass is 696 g/mol. The number of carbonyl (C=O) groups is 6. The molecule has 0 saturated carbocycles. The highest BCUT2D eigenvalue weighted by Crippen LogP contribution is 2.05. The highest BCUT2D eigenvalue weighted by atomic mass is 28.4. The summed E-state index contributed by atoms with van der Waals surface area (Å²) in [6, 6.07) is 30.0. The van der Waals surface area contributed by atoms with E-state index in [1.807, 2.05) is 91.0 Å². The summed E-state index contributed by atoms with van der Waals surface area (Å²) in [5.41, 5.74) is 0. The highest BCUT2D eigenvalue weighted by Gasteiger charge is 2.37. The van der Waals surface area contributed by atoms with E-state index in [4.69, 9.17) is 15.3 Å². The number of aliphatic carboxylic acids is 3. The molecule has 48 heavy (non-hydrogen) atoms. The lowest BCUT2D eigenvalue weighted by atomic mass is 10.0. The Morgan fingerprint density at radius 1 is 0.479 bits per heavy atom. The van der Waals surface area contributed by atoms with Crippen molar-refractivity contribution in [1.29, 1.82) is 0 Å². The van der Waals surface area contributed by atoms with Crippen LogP contribution in [0, 0.1) is 17.8 Å². The molecule has 260 valence electrons. The number of hydrogen-bond donors (Lipinski definition) is 4. The van der Waals surface area contributed by atoms with E-state index in [0.29, 0.717) is 19.3 Å². The van der Waals surface area contributed by atoms with E-state index in [2.05, 4.69) is 0 Å². The summed E-state index contributed by atoms with van der Waals surface area (Å²) in [7, 11) is -2.88. The standard InChI is InChI=1S/C18H16OSi.3C6H10O3.Al.3H/c19-20(16-10-4-1-5-11-16,17-12-6-2-7-13-17)18-14-8-3-9-15-18;3*1-3-5(4(2)7)6(8)9;;;;/h1-15,19H;3*5H,3H2,1-2H3,(H,8,9);;;;. The van der Waals surface area contributed by atoms with Crippen molar-refractivity contribution in [2.45, 2.75) is 60.8 Å². The van der Waals surface area contributed by atoms with Gasteiger partial charge in [-0.2, -0.15) is 0 Å². The molecule has 0 aliphatic carbocycles. The first-order chi connectivity index (χ1) is 22.1. The molecule has 4 N–H and O–H groups in total. The average molecular weight is 697 g/mol. The summed E-state index contributed by atoms with van der Waals surface area (Å²) in [6.07, 6.45) is 1.14. The fourth-order valence-corrected chi connectivity index (χ4v) is 7.47. The van der Waals surface area contributed by atoms with Crippen LogP contribution < -0.4 is 15.6 Å². The maximum absolute atomic E-state index is 11.6. The molecule has 0 saturated heterocycles. The van der Waals surface area contributed by atoms with Crippen LogP contribution in [0.5, 0.6) is 0 Å². The van der Waals surface area contributed by atoms with E-state index >= 15 is 0 Å². The molecule has 3 aromatic carbocycles. The molecule has 0 aliphatic rings. The minimum atomic E-state index is -2.88. The van der Waals surface area contributed by atoms with Crippen molar-refractivity contribution in [3.05, 3.63) is 91.0 Å². The van der Waals surface area contributed by atoms with E-state index in [0.717, 1.165) is 15.6 Å². The molecule has 12 heteroatoms. The van der Waals surface area contributed by atoms with Gasteiger partial charge in [-0.25, -0.2) is 0 Å². The zero-order valence-corrected chi connectivity index (χ0v) is 28.8. The molecule has 0 aromatic heterocycles. The number of carboxylic acids is 3. The van der Waals surface area contributed by atoms with Crippen LogP contribution in [0.15, 0.2) is 91.0 Å². The first-order valence-corrected chi connectivity index (χ1v) is 17.1. The van der Waals surface area contributed by atoms with Crippen molar-refractivity contribution in [3.8, 4) is 0 Å². The Labute approximate surface area is 294 Å². The number of carboxylic acid groups (broad SMARTS) is 3. The largest absolute Gasteiger partial charge is 0.481 e. The third-order valence-electron chi connectivity index (χ3n) is 7.17. The Balaban J connectivity index is 0. The van der Waals surface area contributed by atoms with Gasteiger partial charge in [0.15, 0.2) is 17.4 Å². The van der Waals surface area contributed by atoms with Gasteiger partial charge < -0.3 is 20.1 Å². The van der Waals surface area contributed by atoms with Crippen molar-refractivity contribution in [1.82, 2.24) is 0 Å². The molecule has 0 amide bonds. The van der Waals surface area contributed by atoms with Gasteiger partial charge in [0, 0.05) is 0 Å². The predicted molar refractivity (Wildman–Crippen MR) is 192 cm³/mol. The maximum Gasteiger partial charge on any atom is 0.314 e. The third-order valence-corrected chi connectivity index (χ3v) is 10.7. The molecular weight excluding hydrogens is 647 g/mol. The SMILES string of the molecule is CCC(C(C)=O)C(=O)O.CCC(C(C)=O)C(=O)O.CCC(C(C)=O)C(=O)O.O[Si](c1ccccc1)(c1ccccc1)c1ccccc1.[AlH3]. The normalized spacial score (nSPS) is 11.8. The smallest absolute Gasteiger partial charge is 0.314 e. The van der Waals surface area contributed by atoms with Crippen LogP contribution in [-0.2, 0) is 28.8 Å². The number of benzene rings is 3. The third kappa shape index (κ3) is 15.1. The molecule has 3 atom stereocenters. The van der Waals surface area contributed by atoms with Gasteiger partial charge in [-0.3, -0.25) is 28.8 Å². The van der Waals surface area contributed by atoms with Crippen LogP contribution in [0.25, 0.3) is 0 Å². The Morgan fingerprint density at radius 2 is 0.667 bits per heavy atom. The Morgan fingerprint density at radius 3 is 0.771 bits per heavy atom. The molecule has 0 aliphatic heterocycles. The van der Waals surface area contributed by atoms with Gasteiger partial charge in [-0.15, -0.1) is 0 Å². The molecule has 0 spiro atoms. The number of Topliss-reactive ketones (excluding diaryl/α,β-unsaturated/α-hetero) is 3. The highest BCUT2D eigenvalue weighted by molar-refractivity contribution is 7.06.